The van der Waals surface area contributed by atoms with Gasteiger partial charge >= 0.3 is 12.0 Å². The molecule has 0 aliphatic heterocycles. The van der Waals surface area contributed by atoms with Gasteiger partial charge in [-0.25, -0.2) is 14.6 Å². The average Bonchev–Trinajstić information content (AvgIpc) is 2.39. The Kier molecular flexibility index (Phi) is 5.36. The van der Waals surface area contributed by atoms with Gasteiger partial charge in [0.25, 0.3) is 5.95 Å². The zero-order valence-corrected chi connectivity index (χ0v) is 12.0. The highest BCUT2D eigenvalue weighted by molar-refractivity contribution is 5.90. The SMILES string of the molecule is CCC(C)[C@H](NC(=O)Nc1nnc(C)c(C)n1)C(=O)O. The van der Waals surface area contributed by atoms with Crippen LogP contribution in [-0.2, 0) is 4.79 Å². The van der Waals surface area contributed by atoms with Gasteiger partial charge in [-0.15, -0.1) is 5.10 Å². The summed E-state index contributed by atoms with van der Waals surface area (Å²) in [6, 6.07) is -1.62. The summed E-state index contributed by atoms with van der Waals surface area (Å²) < 4.78 is 0. The fourth-order valence-electron chi connectivity index (χ4n) is 1.47. The second kappa shape index (κ2) is 6.78. The van der Waals surface area contributed by atoms with Crippen molar-refractivity contribution >= 4 is 17.9 Å². The lowest BCUT2D eigenvalue weighted by Crippen LogP contribution is -2.46. The van der Waals surface area contributed by atoms with E-state index in [1.54, 1.807) is 20.8 Å². The van der Waals surface area contributed by atoms with Gasteiger partial charge in [-0.3, -0.25) is 5.32 Å². The van der Waals surface area contributed by atoms with Crippen LogP contribution in [0.4, 0.5) is 10.7 Å². The summed E-state index contributed by atoms with van der Waals surface area (Å²) in [5.74, 6) is -1.22. The Morgan fingerprint density at radius 1 is 1.25 bits per heavy atom. The Bertz CT molecular complexity index is 506. The Hall–Kier alpha value is -2.25. The molecular weight excluding hydrogens is 262 g/mol. The van der Waals surface area contributed by atoms with Gasteiger partial charge in [0.05, 0.1) is 11.4 Å². The van der Waals surface area contributed by atoms with E-state index in [2.05, 4.69) is 25.8 Å². The van der Waals surface area contributed by atoms with Gasteiger partial charge in [-0.1, -0.05) is 20.3 Å². The van der Waals surface area contributed by atoms with E-state index < -0.39 is 18.0 Å². The van der Waals surface area contributed by atoms with Crippen LogP contribution >= 0.6 is 0 Å². The van der Waals surface area contributed by atoms with Crippen LogP contribution in [0.2, 0.25) is 0 Å². The Labute approximate surface area is 117 Å². The first-order valence-electron chi connectivity index (χ1n) is 6.33. The van der Waals surface area contributed by atoms with Crippen LogP contribution in [0.15, 0.2) is 0 Å². The molecule has 2 atom stereocenters. The molecule has 1 aromatic heterocycles. The van der Waals surface area contributed by atoms with Crippen LogP contribution in [0.25, 0.3) is 0 Å². The maximum atomic E-state index is 11.8. The predicted molar refractivity (Wildman–Crippen MR) is 72.3 cm³/mol. The average molecular weight is 281 g/mol. The van der Waals surface area contributed by atoms with Crippen molar-refractivity contribution in [2.24, 2.45) is 5.92 Å². The minimum absolute atomic E-state index is 0.0406. The number of rotatable bonds is 5. The van der Waals surface area contributed by atoms with Crippen LogP contribution in [0.5, 0.6) is 0 Å². The number of nitrogens with one attached hydrogen (secondary N) is 2. The zero-order chi connectivity index (χ0) is 15.3. The van der Waals surface area contributed by atoms with E-state index in [4.69, 9.17) is 5.11 Å². The molecule has 1 unspecified atom stereocenters. The Morgan fingerprint density at radius 3 is 2.40 bits per heavy atom. The predicted octanol–water partition coefficient (Wildman–Crippen LogP) is 1.11. The summed E-state index contributed by atoms with van der Waals surface area (Å²) in [6.07, 6.45) is 0.638. The van der Waals surface area contributed by atoms with E-state index in [1.165, 1.54) is 0 Å². The highest BCUT2D eigenvalue weighted by Gasteiger charge is 2.25. The number of aliphatic carboxylic acids is 1. The number of carboxylic acid groups (broad SMARTS) is 1. The Balaban J connectivity index is 2.70. The number of carbonyl (C=O) groups excluding carboxylic acids is 1. The van der Waals surface area contributed by atoms with Gasteiger partial charge in [0.1, 0.15) is 6.04 Å². The molecule has 0 aliphatic carbocycles. The lowest BCUT2D eigenvalue weighted by atomic mass is 10.00. The summed E-state index contributed by atoms with van der Waals surface area (Å²) in [5, 5.41) is 21.4. The van der Waals surface area contributed by atoms with Crippen LogP contribution in [0, 0.1) is 19.8 Å². The standard InChI is InChI=1S/C12H19N5O3/c1-5-6(2)9(10(18)19)14-12(20)15-11-13-7(3)8(4)16-17-11/h6,9H,5H2,1-4H3,(H,18,19)(H2,13,14,15,17,20)/t6?,9-/m0/s1. The van der Waals surface area contributed by atoms with Crippen molar-refractivity contribution < 1.29 is 14.7 Å². The lowest BCUT2D eigenvalue weighted by molar-refractivity contribution is -0.140. The number of hydrogen-bond donors (Lipinski definition) is 3. The van der Waals surface area contributed by atoms with Gasteiger partial charge in [-0.05, 0) is 19.8 Å². The van der Waals surface area contributed by atoms with Crippen molar-refractivity contribution in [3.63, 3.8) is 0 Å². The molecule has 0 radical (unpaired) electrons. The van der Waals surface area contributed by atoms with Crippen LogP contribution in [-0.4, -0.2) is 38.3 Å². The molecule has 0 saturated carbocycles. The molecule has 8 nitrogen and oxygen atoms in total. The molecule has 0 aliphatic rings. The third-order valence-electron chi connectivity index (χ3n) is 3.08. The molecule has 0 aromatic carbocycles. The van der Waals surface area contributed by atoms with Crippen LogP contribution in [0.1, 0.15) is 31.7 Å². The summed E-state index contributed by atoms with van der Waals surface area (Å²) in [6.45, 7) is 7.11. The molecular formula is C12H19N5O3. The van der Waals surface area contributed by atoms with E-state index in [1.807, 2.05) is 6.92 Å². The molecule has 0 spiro atoms. The van der Waals surface area contributed by atoms with E-state index in [-0.39, 0.29) is 11.9 Å². The molecule has 0 fully saturated rings. The zero-order valence-electron chi connectivity index (χ0n) is 12.0. The van der Waals surface area contributed by atoms with E-state index in [0.29, 0.717) is 17.8 Å². The molecule has 1 rings (SSSR count). The molecule has 20 heavy (non-hydrogen) atoms. The van der Waals surface area contributed by atoms with Crippen molar-refractivity contribution in [3.05, 3.63) is 11.4 Å². The second-order valence-corrected chi connectivity index (χ2v) is 4.61. The molecule has 8 heteroatoms. The highest BCUT2D eigenvalue weighted by Crippen LogP contribution is 2.08. The third kappa shape index (κ3) is 4.15. The monoisotopic (exact) mass is 281 g/mol. The minimum atomic E-state index is -1.08. The van der Waals surface area contributed by atoms with Crippen molar-refractivity contribution in [2.45, 2.75) is 40.2 Å². The largest absolute Gasteiger partial charge is 0.480 e. The van der Waals surface area contributed by atoms with Crippen molar-refractivity contribution in [2.75, 3.05) is 5.32 Å². The number of urea groups is 1. The maximum absolute atomic E-state index is 11.8. The number of nitrogens with zero attached hydrogens (tertiary/aromatic N) is 3. The van der Waals surface area contributed by atoms with Gasteiger partial charge in [0, 0.05) is 0 Å². The van der Waals surface area contributed by atoms with Gasteiger partial charge in [0.15, 0.2) is 0 Å². The van der Waals surface area contributed by atoms with E-state index >= 15 is 0 Å². The number of carbonyl (C=O) groups is 2. The smallest absolute Gasteiger partial charge is 0.326 e. The minimum Gasteiger partial charge on any atom is -0.480 e. The number of anilines is 1. The fraction of sp³-hybridized carbons (Fsp3) is 0.583. The summed E-state index contributed by atoms with van der Waals surface area (Å²) in [5.41, 5.74) is 1.31. The molecule has 1 aromatic rings. The topological polar surface area (TPSA) is 117 Å². The first-order chi connectivity index (χ1) is 9.35. The quantitative estimate of drug-likeness (QED) is 0.744. The maximum Gasteiger partial charge on any atom is 0.326 e. The number of carboxylic acids is 1. The molecule has 2 amide bonds. The molecule has 0 bridgehead atoms. The number of aryl methyl sites for hydroxylation is 2. The van der Waals surface area contributed by atoms with Crippen molar-refractivity contribution in [3.8, 4) is 0 Å². The van der Waals surface area contributed by atoms with Crippen LogP contribution in [0.3, 0.4) is 0 Å². The summed E-state index contributed by atoms with van der Waals surface area (Å²) in [7, 11) is 0. The molecule has 1 heterocycles. The number of hydrogen-bond acceptors (Lipinski definition) is 5. The number of aromatic nitrogens is 3. The first-order valence-corrected chi connectivity index (χ1v) is 6.33. The summed E-state index contributed by atoms with van der Waals surface area (Å²) in [4.78, 5) is 26.9. The van der Waals surface area contributed by atoms with Gasteiger partial charge in [0.2, 0.25) is 0 Å². The highest BCUT2D eigenvalue weighted by atomic mass is 16.4. The third-order valence-corrected chi connectivity index (χ3v) is 3.08. The van der Waals surface area contributed by atoms with E-state index in [9.17, 15) is 9.59 Å². The first kappa shape index (κ1) is 15.8. The lowest BCUT2D eigenvalue weighted by Gasteiger charge is -2.19. The fourth-order valence-corrected chi connectivity index (χ4v) is 1.47. The van der Waals surface area contributed by atoms with E-state index in [0.717, 1.165) is 0 Å². The number of amides is 2. The molecule has 0 saturated heterocycles. The second-order valence-electron chi connectivity index (χ2n) is 4.61. The summed E-state index contributed by atoms with van der Waals surface area (Å²) >= 11 is 0. The molecule has 110 valence electrons. The normalized spacial score (nSPS) is 13.4. The van der Waals surface area contributed by atoms with Crippen molar-refractivity contribution in [1.82, 2.24) is 20.5 Å². The van der Waals surface area contributed by atoms with Gasteiger partial charge < -0.3 is 10.4 Å². The Morgan fingerprint density at radius 2 is 1.90 bits per heavy atom. The van der Waals surface area contributed by atoms with Gasteiger partial charge in [-0.2, -0.15) is 5.10 Å². The van der Waals surface area contributed by atoms with Crippen molar-refractivity contribution in [1.29, 1.82) is 0 Å². The van der Waals surface area contributed by atoms with Crippen LogP contribution < -0.4 is 10.6 Å². The molecule has 3 N–H and O–H groups in total.